The summed E-state index contributed by atoms with van der Waals surface area (Å²) in [5.74, 6) is 1.80. The van der Waals surface area contributed by atoms with Crippen molar-refractivity contribution in [1.82, 2.24) is 4.90 Å². The number of hydrogen-bond acceptors (Lipinski definition) is 2. The Labute approximate surface area is 139 Å². The maximum absolute atomic E-state index is 12.6. The van der Waals surface area contributed by atoms with Crippen molar-refractivity contribution in [1.29, 1.82) is 0 Å². The average molecular weight is 323 g/mol. The van der Waals surface area contributed by atoms with Crippen molar-refractivity contribution in [3.63, 3.8) is 0 Å². The van der Waals surface area contributed by atoms with Gasteiger partial charge in [-0.3, -0.25) is 4.79 Å². The lowest BCUT2D eigenvalue weighted by atomic mass is 9.78. The van der Waals surface area contributed by atoms with Gasteiger partial charge in [0.2, 0.25) is 5.91 Å². The van der Waals surface area contributed by atoms with Crippen molar-refractivity contribution >= 4 is 18.3 Å². The summed E-state index contributed by atoms with van der Waals surface area (Å²) < 4.78 is 0. The predicted molar refractivity (Wildman–Crippen MR) is 92.1 cm³/mol. The first-order valence-electron chi connectivity index (χ1n) is 8.31. The van der Waals surface area contributed by atoms with E-state index in [9.17, 15) is 4.79 Å². The summed E-state index contributed by atoms with van der Waals surface area (Å²) in [5.41, 5.74) is 7.16. The molecule has 0 aromatic heterocycles. The van der Waals surface area contributed by atoms with Gasteiger partial charge in [0.05, 0.1) is 0 Å². The molecule has 1 aliphatic heterocycles. The molecule has 22 heavy (non-hydrogen) atoms. The molecule has 0 radical (unpaired) electrons. The molecule has 2 fully saturated rings. The van der Waals surface area contributed by atoms with E-state index in [0.717, 1.165) is 45.2 Å². The third-order valence-electron chi connectivity index (χ3n) is 5.28. The molecular weight excluding hydrogens is 296 g/mol. The quantitative estimate of drug-likeness (QED) is 0.929. The van der Waals surface area contributed by atoms with Crippen LogP contribution in [0.5, 0.6) is 0 Å². The molecule has 0 spiro atoms. The lowest BCUT2D eigenvalue weighted by molar-refractivity contribution is -0.135. The van der Waals surface area contributed by atoms with Crippen LogP contribution in [-0.2, 0) is 4.79 Å². The first-order chi connectivity index (χ1) is 10.3. The molecule has 1 aromatic rings. The van der Waals surface area contributed by atoms with Crippen LogP contribution in [0.3, 0.4) is 0 Å². The topological polar surface area (TPSA) is 46.3 Å². The highest BCUT2D eigenvalue weighted by molar-refractivity contribution is 5.85. The van der Waals surface area contributed by atoms with Gasteiger partial charge in [0.15, 0.2) is 0 Å². The fourth-order valence-electron chi connectivity index (χ4n) is 3.88. The van der Waals surface area contributed by atoms with Gasteiger partial charge in [0, 0.05) is 19.0 Å². The number of nitrogens with zero attached hydrogens (tertiary/aromatic N) is 1. The molecule has 0 bridgehead atoms. The SMILES string of the molecule is Cl.NCC1CCN(C(=O)C2CCC(c3ccccc3)CC2)C1. The van der Waals surface area contributed by atoms with Gasteiger partial charge in [-0.2, -0.15) is 0 Å². The van der Waals surface area contributed by atoms with E-state index in [1.54, 1.807) is 0 Å². The van der Waals surface area contributed by atoms with E-state index in [2.05, 4.69) is 35.2 Å². The zero-order valence-electron chi connectivity index (χ0n) is 13.1. The maximum atomic E-state index is 12.6. The molecule has 3 rings (SSSR count). The first-order valence-corrected chi connectivity index (χ1v) is 8.31. The van der Waals surface area contributed by atoms with Crippen molar-refractivity contribution in [2.24, 2.45) is 17.6 Å². The maximum Gasteiger partial charge on any atom is 0.225 e. The molecule has 1 atom stereocenters. The molecule has 1 saturated heterocycles. The second kappa shape index (κ2) is 7.98. The number of halogens is 1. The zero-order chi connectivity index (χ0) is 14.7. The number of carbonyl (C=O) groups excluding carboxylic acids is 1. The van der Waals surface area contributed by atoms with E-state index in [-0.39, 0.29) is 18.3 Å². The Kier molecular flexibility index (Phi) is 6.27. The lowest BCUT2D eigenvalue weighted by Crippen LogP contribution is -2.36. The van der Waals surface area contributed by atoms with Crippen LogP contribution < -0.4 is 5.73 Å². The fraction of sp³-hybridized carbons (Fsp3) is 0.611. The fourth-order valence-corrected chi connectivity index (χ4v) is 3.88. The average Bonchev–Trinajstić information content (AvgIpc) is 3.04. The van der Waals surface area contributed by atoms with Gasteiger partial charge in [-0.25, -0.2) is 0 Å². The molecule has 3 nitrogen and oxygen atoms in total. The van der Waals surface area contributed by atoms with Crippen LogP contribution >= 0.6 is 12.4 Å². The third-order valence-corrected chi connectivity index (χ3v) is 5.28. The van der Waals surface area contributed by atoms with E-state index < -0.39 is 0 Å². The highest BCUT2D eigenvalue weighted by atomic mass is 35.5. The van der Waals surface area contributed by atoms with Crippen molar-refractivity contribution in [3.8, 4) is 0 Å². The summed E-state index contributed by atoms with van der Waals surface area (Å²) in [6, 6.07) is 10.7. The predicted octanol–water partition coefficient (Wildman–Crippen LogP) is 3.19. The summed E-state index contributed by atoms with van der Waals surface area (Å²) in [6.07, 6.45) is 5.47. The Morgan fingerprint density at radius 1 is 1.09 bits per heavy atom. The molecule has 1 unspecified atom stereocenters. The molecule has 122 valence electrons. The van der Waals surface area contributed by atoms with Crippen LogP contribution in [0.1, 0.15) is 43.6 Å². The minimum Gasteiger partial charge on any atom is -0.342 e. The largest absolute Gasteiger partial charge is 0.342 e. The van der Waals surface area contributed by atoms with E-state index in [1.807, 2.05) is 0 Å². The van der Waals surface area contributed by atoms with Gasteiger partial charge >= 0.3 is 0 Å². The Morgan fingerprint density at radius 3 is 2.36 bits per heavy atom. The molecule has 1 aromatic carbocycles. The van der Waals surface area contributed by atoms with E-state index in [1.165, 1.54) is 5.56 Å². The van der Waals surface area contributed by atoms with Gasteiger partial charge in [0.25, 0.3) is 0 Å². The van der Waals surface area contributed by atoms with Crippen LogP contribution in [0.25, 0.3) is 0 Å². The number of likely N-dealkylation sites (tertiary alicyclic amines) is 1. The number of rotatable bonds is 3. The highest BCUT2D eigenvalue weighted by Gasteiger charge is 2.33. The van der Waals surface area contributed by atoms with Gasteiger partial charge in [-0.05, 0) is 56.0 Å². The van der Waals surface area contributed by atoms with Crippen molar-refractivity contribution in [2.75, 3.05) is 19.6 Å². The van der Waals surface area contributed by atoms with Gasteiger partial charge in [-0.1, -0.05) is 30.3 Å². The van der Waals surface area contributed by atoms with Crippen LogP contribution in [0.4, 0.5) is 0 Å². The van der Waals surface area contributed by atoms with Gasteiger partial charge < -0.3 is 10.6 Å². The molecule has 1 amide bonds. The Bertz CT molecular complexity index is 471. The number of amides is 1. The molecule has 1 aliphatic carbocycles. The van der Waals surface area contributed by atoms with E-state index >= 15 is 0 Å². The molecule has 1 saturated carbocycles. The third kappa shape index (κ3) is 3.82. The standard InChI is InChI=1S/C18H26N2O.ClH/c19-12-14-10-11-20(13-14)18(21)17-8-6-16(7-9-17)15-4-2-1-3-5-15;/h1-5,14,16-17H,6-13,19H2;1H. The molecule has 2 N–H and O–H groups in total. The van der Waals surface area contributed by atoms with Gasteiger partial charge in [0.1, 0.15) is 0 Å². The van der Waals surface area contributed by atoms with Crippen LogP contribution in [0, 0.1) is 11.8 Å². The van der Waals surface area contributed by atoms with Crippen molar-refractivity contribution < 1.29 is 4.79 Å². The van der Waals surface area contributed by atoms with E-state index in [4.69, 9.17) is 5.73 Å². The van der Waals surface area contributed by atoms with Gasteiger partial charge in [-0.15, -0.1) is 12.4 Å². The summed E-state index contributed by atoms with van der Waals surface area (Å²) in [6.45, 7) is 2.51. The highest BCUT2D eigenvalue weighted by Crippen LogP contribution is 2.36. The molecule has 4 heteroatoms. The summed E-state index contributed by atoms with van der Waals surface area (Å²) in [7, 11) is 0. The number of hydrogen-bond donors (Lipinski definition) is 1. The molecule has 2 aliphatic rings. The second-order valence-electron chi connectivity index (χ2n) is 6.63. The number of carbonyl (C=O) groups is 1. The smallest absolute Gasteiger partial charge is 0.225 e. The normalized spacial score (nSPS) is 28.2. The van der Waals surface area contributed by atoms with Crippen LogP contribution in [-0.4, -0.2) is 30.4 Å². The minimum absolute atomic E-state index is 0. The van der Waals surface area contributed by atoms with Crippen LogP contribution in [0.2, 0.25) is 0 Å². The first kappa shape index (κ1) is 17.3. The monoisotopic (exact) mass is 322 g/mol. The lowest BCUT2D eigenvalue weighted by Gasteiger charge is -2.30. The Hall–Kier alpha value is -1.06. The number of nitrogens with two attached hydrogens (primary N) is 1. The summed E-state index contributed by atoms with van der Waals surface area (Å²) >= 11 is 0. The number of benzene rings is 1. The summed E-state index contributed by atoms with van der Waals surface area (Å²) in [5, 5.41) is 0. The minimum atomic E-state index is 0. The van der Waals surface area contributed by atoms with E-state index in [0.29, 0.717) is 24.3 Å². The van der Waals surface area contributed by atoms with Crippen LogP contribution in [0.15, 0.2) is 30.3 Å². The molecular formula is C18H27ClN2O. The van der Waals surface area contributed by atoms with Crippen molar-refractivity contribution in [3.05, 3.63) is 35.9 Å². The molecule has 1 heterocycles. The second-order valence-corrected chi connectivity index (χ2v) is 6.63. The Balaban J connectivity index is 0.00000176. The Morgan fingerprint density at radius 2 is 1.77 bits per heavy atom. The summed E-state index contributed by atoms with van der Waals surface area (Å²) in [4.78, 5) is 14.7. The zero-order valence-corrected chi connectivity index (χ0v) is 13.9. The van der Waals surface area contributed by atoms with Crippen molar-refractivity contribution in [2.45, 2.75) is 38.0 Å².